The number of rotatable bonds is 6. The van der Waals surface area contributed by atoms with Crippen molar-refractivity contribution in [3.05, 3.63) is 64.5 Å². The van der Waals surface area contributed by atoms with Crippen LogP contribution in [0.1, 0.15) is 79.9 Å². The number of piperidine rings is 3. The molecule has 10 rings (SSSR count). The van der Waals surface area contributed by atoms with Gasteiger partial charge in [0.2, 0.25) is 0 Å². The molecular formula is C43H54N4O5. The minimum absolute atomic E-state index is 0.0411. The largest absolute Gasteiger partial charge is 0.496 e. The van der Waals surface area contributed by atoms with Crippen molar-refractivity contribution in [3.63, 3.8) is 0 Å². The van der Waals surface area contributed by atoms with Crippen LogP contribution >= 0.6 is 0 Å². The molecule has 1 saturated carbocycles. The number of carbonyl (C=O) groups is 2. The van der Waals surface area contributed by atoms with Crippen molar-refractivity contribution in [3.8, 4) is 5.75 Å². The summed E-state index contributed by atoms with van der Waals surface area (Å²) in [4.78, 5) is 40.9. The molecule has 2 aromatic carbocycles. The zero-order valence-electron chi connectivity index (χ0n) is 31.6. The molecule has 2 N–H and O–H groups in total. The highest BCUT2D eigenvalue weighted by Gasteiger charge is 2.63. The molecule has 9 heteroatoms. The monoisotopic (exact) mass is 706 g/mol. The number of carbonyl (C=O) groups excluding carboxylic acids is 2. The summed E-state index contributed by atoms with van der Waals surface area (Å²) in [5.41, 5.74) is 7.34. The first kappa shape index (κ1) is 34.0. The van der Waals surface area contributed by atoms with Crippen molar-refractivity contribution in [1.82, 2.24) is 19.8 Å². The van der Waals surface area contributed by atoms with Crippen LogP contribution in [0.15, 0.2) is 36.4 Å². The van der Waals surface area contributed by atoms with Crippen LogP contribution in [0.4, 0.5) is 0 Å². The van der Waals surface area contributed by atoms with Gasteiger partial charge in [0.25, 0.3) is 0 Å². The summed E-state index contributed by atoms with van der Waals surface area (Å²) < 4.78 is 17.7. The molecule has 4 aliphatic heterocycles. The first-order chi connectivity index (χ1) is 25.3. The van der Waals surface area contributed by atoms with E-state index in [0.29, 0.717) is 17.8 Å². The van der Waals surface area contributed by atoms with E-state index in [2.05, 4.69) is 77.1 Å². The summed E-state index contributed by atoms with van der Waals surface area (Å²) in [6.45, 7) is 7.49. The fourth-order valence-corrected chi connectivity index (χ4v) is 12.4. The summed E-state index contributed by atoms with van der Waals surface area (Å²) in [6.07, 6.45) is 6.50. The number of nitrogens with zero attached hydrogens (tertiary/aromatic N) is 2. The molecular weight excluding hydrogens is 652 g/mol. The lowest BCUT2D eigenvalue weighted by atomic mass is 9.56. The van der Waals surface area contributed by atoms with Gasteiger partial charge in [-0.15, -0.1) is 0 Å². The van der Waals surface area contributed by atoms with Gasteiger partial charge in [0.15, 0.2) is 0 Å². The van der Waals surface area contributed by atoms with Gasteiger partial charge in [-0.3, -0.25) is 14.5 Å². The number of hydrogen-bond donors (Lipinski definition) is 2. The Balaban J connectivity index is 1.26. The quantitative estimate of drug-likeness (QED) is 0.219. The third-order valence-electron chi connectivity index (χ3n) is 14.6. The smallest absolute Gasteiger partial charge is 0.319 e. The fraction of sp³-hybridized carbons (Fsp3) is 0.581. The number of likely N-dealkylation sites (N-methyl/N-ethyl adjacent to an activating group) is 1. The minimum atomic E-state index is -0.718. The van der Waals surface area contributed by atoms with Gasteiger partial charge >= 0.3 is 11.9 Å². The van der Waals surface area contributed by atoms with Crippen LogP contribution in [0.25, 0.3) is 21.8 Å². The number of methoxy groups -OCH3 is 3. The van der Waals surface area contributed by atoms with Crippen LogP contribution in [-0.2, 0) is 37.3 Å². The number of H-pyrrole nitrogens is 2. The second-order valence-electron chi connectivity index (χ2n) is 16.7. The van der Waals surface area contributed by atoms with E-state index in [1.807, 2.05) is 0 Å². The van der Waals surface area contributed by atoms with Crippen molar-refractivity contribution in [2.24, 2.45) is 29.6 Å². The van der Waals surface area contributed by atoms with Crippen LogP contribution in [0.2, 0.25) is 0 Å². The third kappa shape index (κ3) is 4.73. The Morgan fingerprint density at radius 3 is 2.48 bits per heavy atom. The third-order valence-corrected chi connectivity index (χ3v) is 14.6. The van der Waals surface area contributed by atoms with Crippen molar-refractivity contribution < 1.29 is 23.8 Å². The van der Waals surface area contributed by atoms with E-state index < -0.39 is 5.41 Å². The predicted molar refractivity (Wildman–Crippen MR) is 202 cm³/mol. The standard InChI is InChI=1S/C43H54N4O5/c1-7-24-15-23-20-43(42(49)52-6)39-27(13-14-47(21-23)40(24)43)29-19-36(50-4)30(17-34(29)45-39)31-16-28-25(8-2)22-46(3)35(37(28)41(48)51-5)18-32-26-11-9-10-12-33(26)44-38(31)32/h9-12,17,19,23-25,28,31,35,37,40,44-45H,7-8,13-16,18,20-22H2,1-6H3/t23-,24+,25-,28+,31-,35+,37+,40+,43-/m1/s1. The maximum Gasteiger partial charge on any atom is 0.319 e. The molecule has 6 aliphatic rings. The van der Waals surface area contributed by atoms with Crippen molar-refractivity contribution >= 4 is 33.7 Å². The Hall–Kier alpha value is -3.82. The van der Waals surface area contributed by atoms with Gasteiger partial charge in [-0.05, 0) is 92.1 Å². The number of benzene rings is 2. The Morgan fingerprint density at radius 1 is 0.923 bits per heavy atom. The molecule has 0 spiro atoms. The second kappa shape index (κ2) is 12.7. The molecule has 4 fully saturated rings. The van der Waals surface area contributed by atoms with Crippen molar-refractivity contribution in [2.45, 2.75) is 82.2 Å². The van der Waals surface area contributed by atoms with Crippen LogP contribution in [0, 0.1) is 29.6 Å². The predicted octanol–water partition coefficient (Wildman–Crippen LogP) is 6.57. The van der Waals surface area contributed by atoms with Gasteiger partial charge in [0.05, 0.1) is 27.2 Å². The molecule has 6 heterocycles. The minimum Gasteiger partial charge on any atom is -0.496 e. The van der Waals surface area contributed by atoms with E-state index >= 15 is 0 Å². The highest BCUT2D eigenvalue weighted by Crippen LogP contribution is 2.56. The molecule has 1 unspecified atom stereocenters. The molecule has 10 atom stereocenters. The van der Waals surface area contributed by atoms with Crippen molar-refractivity contribution in [2.75, 3.05) is 48.0 Å². The number of esters is 2. The van der Waals surface area contributed by atoms with Crippen molar-refractivity contribution in [1.29, 1.82) is 0 Å². The number of aromatic nitrogens is 2. The Kier molecular flexibility index (Phi) is 8.27. The van der Waals surface area contributed by atoms with Gasteiger partial charge < -0.3 is 29.1 Å². The summed E-state index contributed by atoms with van der Waals surface area (Å²) in [5.74, 6) is 1.79. The molecule has 0 amide bonds. The van der Waals surface area contributed by atoms with Gasteiger partial charge in [-0.1, -0.05) is 44.9 Å². The van der Waals surface area contributed by atoms with Gasteiger partial charge in [0, 0.05) is 76.4 Å². The van der Waals surface area contributed by atoms with Crippen LogP contribution in [-0.4, -0.2) is 91.8 Å². The average molecular weight is 707 g/mol. The molecule has 52 heavy (non-hydrogen) atoms. The summed E-state index contributed by atoms with van der Waals surface area (Å²) in [7, 11) is 7.06. The van der Waals surface area contributed by atoms with Crippen LogP contribution < -0.4 is 4.74 Å². The molecule has 3 saturated heterocycles. The topological polar surface area (TPSA) is 99.9 Å². The van der Waals surface area contributed by atoms with E-state index in [-0.39, 0.29) is 41.8 Å². The number of aromatic amines is 2. The average Bonchev–Trinajstić information content (AvgIpc) is 3.69. The second-order valence-corrected chi connectivity index (χ2v) is 16.7. The van der Waals surface area contributed by atoms with Gasteiger partial charge in [-0.25, -0.2) is 0 Å². The summed E-state index contributed by atoms with van der Waals surface area (Å²) in [5, 5.41) is 2.35. The molecule has 0 radical (unpaired) electrons. The van der Waals surface area contributed by atoms with E-state index in [1.54, 1.807) is 21.3 Å². The first-order valence-corrected chi connectivity index (χ1v) is 19.7. The van der Waals surface area contributed by atoms with E-state index in [9.17, 15) is 9.59 Å². The summed E-state index contributed by atoms with van der Waals surface area (Å²) in [6, 6.07) is 13.3. The van der Waals surface area contributed by atoms with Gasteiger partial charge in [-0.2, -0.15) is 0 Å². The normalized spacial score (nSPS) is 33.8. The SMILES string of the molecule is CC[C@@H]1CN(C)[C@H]2Cc3c([nH]c4ccccc34)[C@@H](c3cc4[nH]c5c(c4cc3OC)CCN3C[C@@H]4C[C@H](CC)[C@H]3[C@@]5(C(=O)OC)C4)C[C@@H]1[C@@H]2C(=O)OC. The number of hydrogen-bond acceptors (Lipinski definition) is 7. The van der Waals surface area contributed by atoms with Crippen LogP contribution in [0.5, 0.6) is 5.75 Å². The molecule has 2 aliphatic carbocycles. The van der Waals surface area contributed by atoms with Crippen LogP contribution in [0.3, 0.4) is 0 Å². The van der Waals surface area contributed by atoms with E-state index in [0.717, 1.165) is 91.6 Å². The first-order valence-electron chi connectivity index (χ1n) is 19.7. The lowest BCUT2D eigenvalue weighted by Crippen LogP contribution is -2.67. The Morgan fingerprint density at radius 2 is 1.73 bits per heavy atom. The number of nitrogens with one attached hydrogen (secondary N) is 2. The number of ether oxygens (including phenoxy) is 3. The fourth-order valence-electron chi connectivity index (χ4n) is 12.4. The maximum atomic E-state index is 14.2. The number of likely N-dealkylation sites (tertiary alicyclic amines) is 1. The number of fused-ring (bicyclic) bond motifs is 9. The van der Waals surface area contributed by atoms with Gasteiger partial charge in [0.1, 0.15) is 11.2 Å². The zero-order chi connectivity index (χ0) is 36.1. The van der Waals surface area contributed by atoms with E-state index in [4.69, 9.17) is 14.2 Å². The number of para-hydroxylation sites is 1. The summed E-state index contributed by atoms with van der Waals surface area (Å²) >= 11 is 0. The molecule has 9 nitrogen and oxygen atoms in total. The lowest BCUT2D eigenvalue weighted by molar-refractivity contribution is -0.162. The zero-order valence-corrected chi connectivity index (χ0v) is 31.6. The molecule has 2 aromatic heterocycles. The lowest BCUT2D eigenvalue weighted by Gasteiger charge is -2.57. The maximum absolute atomic E-state index is 14.2. The molecule has 276 valence electrons. The highest BCUT2D eigenvalue weighted by atomic mass is 16.5. The van der Waals surface area contributed by atoms with E-state index in [1.165, 1.54) is 28.6 Å². The highest BCUT2D eigenvalue weighted by molar-refractivity contribution is 5.93. The Labute approximate surface area is 306 Å². The molecule has 4 aromatic rings. The Bertz CT molecular complexity index is 2050. The molecule has 6 bridgehead atoms.